The molecule has 1 N–H and O–H groups in total. The molecule has 1 fully saturated rings. The SMILES string of the molecule is Cc1cc(OCNC(=O)N(C)C2CCS(=O)(=O)C2)cc(C)c1Cl. The van der Waals surface area contributed by atoms with E-state index in [-0.39, 0.29) is 30.3 Å². The van der Waals surface area contributed by atoms with Gasteiger partial charge in [-0.15, -0.1) is 0 Å². The maximum atomic E-state index is 12.0. The summed E-state index contributed by atoms with van der Waals surface area (Å²) in [6.45, 7) is 3.77. The summed E-state index contributed by atoms with van der Waals surface area (Å²) < 4.78 is 28.4. The minimum Gasteiger partial charge on any atom is -0.473 e. The zero-order valence-electron chi connectivity index (χ0n) is 13.4. The molecule has 2 rings (SSSR count). The van der Waals surface area contributed by atoms with Crippen LogP contribution in [0.5, 0.6) is 5.75 Å². The van der Waals surface area contributed by atoms with Gasteiger partial charge in [-0.25, -0.2) is 13.2 Å². The molecule has 1 aliphatic heterocycles. The summed E-state index contributed by atoms with van der Waals surface area (Å²) in [4.78, 5) is 13.5. The van der Waals surface area contributed by atoms with E-state index >= 15 is 0 Å². The number of aryl methyl sites for hydroxylation is 2. The van der Waals surface area contributed by atoms with Crippen LogP contribution in [0.3, 0.4) is 0 Å². The Balaban J connectivity index is 1.85. The average Bonchev–Trinajstić information content (AvgIpc) is 2.83. The Kier molecular flexibility index (Phi) is 5.41. The van der Waals surface area contributed by atoms with E-state index in [4.69, 9.17) is 16.3 Å². The monoisotopic (exact) mass is 360 g/mol. The third kappa shape index (κ3) is 4.51. The molecule has 23 heavy (non-hydrogen) atoms. The van der Waals surface area contributed by atoms with Crippen molar-refractivity contribution in [3.8, 4) is 5.75 Å². The van der Waals surface area contributed by atoms with Crippen LogP contribution in [0.4, 0.5) is 4.79 Å². The topological polar surface area (TPSA) is 75.7 Å². The first-order valence-electron chi connectivity index (χ1n) is 7.30. The second-order valence-corrected chi connectivity index (χ2v) is 8.42. The van der Waals surface area contributed by atoms with Crippen LogP contribution in [0, 0.1) is 13.8 Å². The maximum absolute atomic E-state index is 12.0. The summed E-state index contributed by atoms with van der Waals surface area (Å²) in [6, 6.07) is 2.97. The molecule has 0 aliphatic carbocycles. The van der Waals surface area contributed by atoms with E-state index < -0.39 is 9.84 Å². The number of carbonyl (C=O) groups is 1. The molecule has 1 heterocycles. The Bertz CT molecular complexity index is 682. The summed E-state index contributed by atoms with van der Waals surface area (Å²) in [6.07, 6.45) is 0.475. The number of urea groups is 1. The van der Waals surface area contributed by atoms with Gasteiger partial charge in [0.15, 0.2) is 16.6 Å². The Labute approximate surface area is 141 Å². The number of benzene rings is 1. The highest BCUT2D eigenvalue weighted by molar-refractivity contribution is 7.91. The van der Waals surface area contributed by atoms with Crippen molar-refractivity contribution in [1.82, 2.24) is 10.2 Å². The Hall–Kier alpha value is -1.47. The molecule has 1 unspecified atom stereocenters. The van der Waals surface area contributed by atoms with Gasteiger partial charge in [-0.1, -0.05) is 11.6 Å². The van der Waals surface area contributed by atoms with Crippen molar-refractivity contribution in [1.29, 1.82) is 0 Å². The smallest absolute Gasteiger partial charge is 0.320 e. The van der Waals surface area contributed by atoms with Gasteiger partial charge >= 0.3 is 6.03 Å². The van der Waals surface area contributed by atoms with Crippen molar-refractivity contribution in [2.75, 3.05) is 25.3 Å². The number of hydrogen-bond donors (Lipinski definition) is 1. The normalized spacial score (nSPS) is 19.4. The summed E-state index contributed by atoms with van der Waals surface area (Å²) in [5.74, 6) is 0.776. The zero-order chi connectivity index (χ0) is 17.2. The molecule has 6 nitrogen and oxygen atoms in total. The lowest BCUT2D eigenvalue weighted by molar-refractivity contribution is 0.182. The molecule has 0 saturated carbocycles. The molecule has 1 atom stereocenters. The van der Waals surface area contributed by atoms with Gasteiger partial charge in [-0.3, -0.25) is 0 Å². The first-order chi connectivity index (χ1) is 10.7. The number of carbonyl (C=O) groups excluding carboxylic acids is 1. The van der Waals surface area contributed by atoms with Gasteiger partial charge < -0.3 is 15.0 Å². The minimum absolute atomic E-state index is 0.00313. The Morgan fingerprint density at radius 3 is 2.52 bits per heavy atom. The Morgan fingerprint density at radius 2 is 2.00 bits per heavy atom. The number of amides is 2. The fourth-order valence-electron chi connectivity index (χ4n) is 2.54. The summed E-state index contributed by atoms with van der Waals surface area (Å²) in [7, 11) is -1.42. The van der Waals surface area contributed by atoms with Crippen LogP contribution in [-0.2, 0) is 9.84 Å². The molecule has 0 bridgehead atoms. The molecule has 8 heteroatoms. The van der Waals surface area contributed by atoms with Crippen LogP contribution in [0.1, 0.15) is 17.5 Å². The average molecular weight is 361 g/mol. The highest BCUT2D eigenvalue weighted by atomic mass is 35.5. The van der Waals surface area contributed by atoms with E-state index in [1.807, 2.05) is 13.8 Å². The van der Waals surface area contributed by atoms with Crippen molar-refractivity contribution in [2.45, 2.75) is 26.3 Å². The third-order valence-corrected chi connectivity index (χ3v) is 6.30. The van der Waals surface area contributed by atoms with E-state index in [1.54, 1.807) is 19.2 Å². The summed E-state index contributed by atoms with van der Waals surface area (Å²) in [5.41, 5.74) is 1.81. The van der Waals surface area contributed by atoms with E-state index in [0.717, 1.165) is 11.1 Å². The van der Waals surface area contributed by atoms with Crippen LogP contribution in [0.25, 0.3) is 0 Å². The summed E-state index contributed by atoms with van der Waals surface area (Å²) >= 11 is 6.09. The molecular formula is C15H21ClN2O4S. The number of hydrogen-bond acceptors (Lipinski definition) is 4. The molecule has 1 saturated heterocycles. The molecule has 1 aromatic rings. The highest BCUT2D eigenvalue weighted by Crippen LogP contribution is 2.25. The van der Waals surface area contributed by atoms with E-state index in [2.05, 4.69) is 5.32 Å². The zero-order valence-corrected chi connectivity index (χ0v) is 15.0. The molecule has 0 aromatic heterocycles. The lowest BCUT2D eigenvalue weighted by Crippen LogP contribution is -2.45. The van der Waals surface area contributed by atoms with Crippen LogP contribution in [0.2, 0.25) is 5.02 Å². The Morgan fingerprint density at radius 1 is 1.39 bits per heavy atom. The van der Waals surface area contributed by atoms with Gasteiger partial charge in [0.1, 0.15) is 5.75 Å². The van der Waals surface area contributed by atoms with Crippen LogP contribution in [-0.4, -0.2) is 50.7 Å². The fraction of sp³-hybridized carbons (Fsp3) is 0.533. The van der Waals surface area contributed by atoms with Gasteiger partial charge in [0.2, 0.25) is 0 Å². The van der Waals surface area contributed by atoms with Crippen molar-refractivity contribution >= 4 is 27.5 Å². The molecule has 0 radical (unpaired) electrons. The van der Waals surface area contributed by atoms with E-state index in [0.29, 0.717) is 17.2 Å². The van der Waals surface area contributed by atoms with E-state index in [9.17, 15) is 13.2 Å². The molecular weight excluding hydrogens is 340 g/mol. The van der Waals surface area contributed by atoms with Gasteiger partial charge in [-0.2, -0.15) is 0 Å². The number of sulfone groups is 1. The first kappa shape index (κ1) is 17.9. The molecule has 1 aromatic carbocycles. The maximum Gasteiger partial charge on any atom is 0.320 e. The highest BCUT2D eigenvalue weighted by Gasteiger charge is 2.32. The van der Waals surface area contributed by atoms with Crippen molar-refractivity contribution in [3.63, 3.8) is 0 Å². The number of rotatable bonds is 4. The van der Waals surface area contributed by atoms with Crippen molar-refractivity contribution in [3.05, 3.63) is 28.3 Å². The standard InChI is InChI=1S/C15H21ClN2O4S/c1-10-6-13(7-11(2)14(10)16)22-9-17-15(19)18(3)12-4-5-23(20,21)8-12/h6-7,12H,4-5,8-9H2,1-3H3,(H,17,19). The molecule has 2 amide bonds. The lowest BCUT2D eigenvalue weighted by Gasteiger charge is -2.23. The predicted molar refractivity (Wildman–Crippen MR) is 89.8 cm³/mol. The predicted octanol–water partition coefficient (Wildman–Crippen LogP) is 2.12. The van der Waals surface area contributed by atoms with Crippen molar-refractivity contribution < 1.29 is 17.9 Å². The molecule has 1 aliphatic rings. The number of nitrogens with zero attached hydrogens (tertiary/aromatic N) is 1. The van der Waals surface area contributed by atoms with Gasteiger partial charge in [0, 0.05) is 18.1 Å². The van der Waals surface area contributed by atoms with Gasteiger partial charge in [-0.05, 0) is 43.5 Å². The largest absolute Gasteiger partial charge is 0.473 e. The third-order valence-electron chi connectivity index (χ3n) is 3.95. The number of ether oxygens (including phenoxy) is 1. The van der Waals surface area contributed by atoms with Crippen LogP contribution < -0.4 is 10.1 Å². The van der Waals surface area contributed by atoms with Gasteiger partial charge in [0.05, 0.1) is 11.5 Å². The minimum atomic E-state index is -3.02. The second-order valence-electron chi connectivity index (χ2n) is 5.81. The first-order valence-corrected chi connectivity index (χ1v) is 9.50. The van der Waals surface area contributed by atoms with Gasteiger partial charge in [0.25, 0.3) is 0 Å². The van der Waals surface area contributed by atoms with E-state index in [1.165, 1.54) is 4.90 Å². The fourth-order valence-corrected chi connectivity index (χ4v) is 4.43. The second kappa shape index (κ2) is 6.97. The van der Waals surface area contributed by atoms with Crippen LogP contribution >= 0.6 is 11.6 Å². The molecule has 0 spiro atoms. The van der Waals surface area contributed by atoms with Crippen molar-refractivity contribution in [2.24, 2.45) is 0 Å². The summed E-state index contributed by atoms with van der Waals surface area (Å²) in [5, 5.41) is 3.32. The van der Waals surface area contributed by atoms with Crippen LogP contribution in [0.15, 0.2) is 12.1 Å². The number of nitrogens with one attached hydrogen (secondary N) is 1. The number of halogens is 1. The quantitative estimate of drug-likeness (QED) is 0.834. The lowest BCUT2D eigenvalue weighted by atomic mass is 10.1. The molecule has 128 valence electrons.